The molecule has 2 aromatic carbocycles. The predicted octanol–water partition coefficient (Wildman–Crippen LogP) is 2.71. The van der Waals surface area contributed by atoms with Crippen molar-refractivity contribution in [2.24, 2.45) is 0 Å². The second-order valence-electron chi connectivity index (χ2n) is 3.39. The molecular weight excluding hydrogens is 283 g/mol. The van der Waals surface area contributed by atoms with Gasteiger partial charge in [0, 0.05) is 0 Å². The minimum absolute atomic E-state index is 0.540. The molecule has 0 fully saturated rings. The molecule has 0 amide bonds. The Morgan fingerprint density at radius 2 is 1.81 bits per heavy atom. The van der Waals surface area contributed by atoms with Crippen LogP contribution in [0.5, 0.6) is 5.75 Å². The van der Waals surface area contributed by atoms with Gasteiger partial charge in [-0.1, -0.05) is 0 Å². The van der Waals surface area contributed by atoms with E-state index in [2.05, 4.69) is 16.9 Å². The zero-order chi connectivity index (χ0) is 11.4. The van der Waals surface area contributed by atoms with Crippen LogP contribution in [-0.4, -0.2) is 16.9 Å². The summed E-state index contributed by atoms with van der Waals surface area (Å²) in [5, 5.41) is 0.647. The van der Waals surface area contributed by atoms with Crippen LogP contribution in [0.15, 0.2) is 48.5 Å². The van der Waals surface area contributed by atoms with Crippen LogP contribution < -0.4 is 9.09 Å². The molecular formula is C13H10AsClO. The van der Waals surface area contributed by atoms with Crippen LogP contribution in [0, 0.1) is 0 Å². The Kier molecular flexibility index (Phi) is 3.92. The van der Waals surface area contributed by atoms with E-state index in [4.69, 9.17) is 16.3 Å². The van der Waals surface area contributed by atoms with E-state index < -0.39 is 0 Å². The maximum atomic E-state index is 6.06. The van der Waals surface area contributed by atoms with Crippen molar-refractivity contribution in [1.29, 1.82) is 0 Å². The van der Waals surface area contributed by atoms with Crippen molar-refractivity contribution in [2.45, 2.75) is 6.61 Å². The first-order chi connectivity index (χ1) is 7.75. The predicted molar refractivity (Wildman–Crippen MR) is 67.6 cm³/mol. The van der Waals surface area contributed by atoms with Crippen molar-refractivity contribution >= 4 is 32.8 Å². The van der Waals surface area contributed by atoms with Gasteiger partial charge in [-0.2, -0.15) is 0 Å². The summed E-state index contributed by atoms with van der Waals surface area (Å²) in [5.41, 5.74) is 1.13. The molecule has 0 saturated heterocycles. The van der Waals surface area contributed by atoms with Crippen LogP contribution >= 0.6 is 11.6 Å². The van der Waals surface area contributed by atoms with Crippen molar-refractivity contribution < 1.29 is 4.74 Å². The van der Waals surface area contributed by atoms with Gasteiger partial charge in [0.05, 0.1) is 0 Å². The van der Waals surface area contributed by atoms with E-state index >= 15 is 0 Å². The fourth-order valence-electron chi connectivity index (χ4n) is 1.34. The van der Waals surface area contributed by atoms with Gasteiger partial charge in [-0.3, -0.25) is 0 Å². The average molecular weight is 293 g/mol. The summed E-state index contributed by atoms with van der Waals surface area (Å²) >= 11 is 8.52. The van der Waals surface area contributed by atoms with E-state index in [1.54, 1.807) is 0 Å². The molecule has 2 rings (SSSR count). The molecule has 0 N–H and O–H groups in total. The van der Waals surface area contributed by atoms with Gasteiger partial charge in [0.25, 0.3) is 0 Å². The number of benzene rings is 2. The third-order valence-corrected chi connectivity index (χ3v) is 3.03. The molecule has 3 heteroatoms. The van der Waals surface area contributed by atoms with Gasteiger partial charge in [0.15, 0.2) is 0 Å². The van der Waals surface area contributed by atoms with Crippen LogP contribution in [0.4, 0.5) is 0 Å². The summed E-state index contributed by atoms with van der Waals surface area (Å²) in [5.74, 6) is 0.723. The Morgan fingerprint density at radius 1 is 1.06 bits per heavy atom. The molecule has 2 radical (unpaired) electrons. The zero-order valence-electron chi connectivity index (χ0n) is 8.56. The Labute approximate surface area is 109 Å². The molecule has 80 valence electrons. The van der Waals surface area contributed by atoms with Gasteiger partial charge < -0.3 is 0 Å². The van der Waals surface area contributed by atoms with Crippen LogP contribution in [0.2, 0.25) is 5.02 Å². The monoisotopic (exact) mass is 292 g/mol. The van der Waals surface area contributed by atoms with Gasteiger partial charge in [0.1, 0.15) is 0 Å². The molecule has 0 spiro atoms. The normalized spacial score (nSPS) is 10.1. The molecule has 0 unspecified atom stereocenters. The molecule has 0 saturated carbocycles. The molecule has 1 nitrogen and oxygen atoms in total. The second kappa shape index (κ2) is 5.43. The first-order valence-corrected chi connectivity index (χ1v) is 6.22. The Morgan fingerprint density at radius 3 is 2.50 bits per heavy atom. The van der Waals surface area contributed by atoms with Crippen LogP contribution in [0.25, 0.3) is 0 Å². The van der Waals surface area contributed by atoms with E-state index in [0.717, 1.165) is 15.7 Å². The Bertz CT molecular complexity index is 471. The minimum atomic E-state index is 0.540. The summed E-state index contributed by atoms with van der Waals surface area (Å²) in [4.78, 5) is 0. The molecule has 0 aliphatic carbocycles. The third-order valence-electron chi connectivity index (χ3n) is 2.15. The second-order valence-corrected chi connectivity index (χ2v) is 4.88. The fraction of sp³-hybridized carbons (Fsp3) is 0.0769. The van der Waals surface area contributed by atoms with Crippen molar-refractivity contribution in [3.8, 4) is 5.75 Å². The van der Waals surface area contributed by atoms with E-state index in [-0.39, 0.29) is 0 Å². The summed E-state index contributed by atoms with van der Waals surface area (Å²) < 4.78 is 6.71. The summed E-state index contributed by atoms with van der Waals surface area (Å²) in [7, 11) is 0. The van der Waals surface area contributed by atoms with Gasteiger partial charge in [0.2, 0.25) is 0 Å². The summed E-state index contributed by atoms with van der Waals surface area (Å²) in [6, 6.07) is 15.8. The van der Waals surface area contributed by atoms with Gasteiger partial charge in [-0.05, 0) is 0 Å². The molecule has 0 aromatic heterocycles. The van der Waals surface area contributed by atoms with E-state index in [9.17, 15) is 0 Å². The number of ether oxygens (including phenoxy) is 1. The topological polar surface area (TPSA) is 9.23 Å². The summed E-state index contributed by atoms with van der Waals surface area (Å²) in [6.45, 7) is 0.540. The third kappa shape index (κ3) is 3.04. The first-order valence-electron chi connectivity index (χ1n) is 4.91. The van der Waals surface area contributed by atoms with Crippen LogP contribution in [-0.2, 0) is 6.61 Å². The molecule has 0 atom stereocenters. The maximum absolute atomic E-state index is 6.06. The zero-order valence-corrected chi connectivity index (χ0v) is 11.2. The number of hydrogen-bond donors (Lipinski definition) is 0. The molecule has 16 heavy (non-hydrogen) atoms. The van der Waals surface area contributed by atoms with E-state index in [1.165, 1.54) is 0 Å². The Balaban J connectivity index is 2.05. The van der Waals surface area contributed by atoms with Crippen molar-refractivity contribution in [1.82, 2.24) is 0 Å². The van der Waals surface area contributed by atoms with Crippen molar-refractivity contribution in [3.63, 3.8) is 0 Å². The number of rotatable bonds is 3. The number of halogens is 1. The SMILES string of the molecule is Clc1cc([As])ccc1OCc1ccccc1. The molecule has 0 aliphatic rings. The van der Waals surface area contributed by atoms with Crippen LogP contribution in [0.3, 0.4) is 0 Å². The Hall–Kier alpha value is -0.912. The average Bonchev–Trinajstić information content (AvgIpc) is 2.29. The van der Waals surface area contributed by atoms with Gasteiger partial charge in [-0.15, -0.1) is 0 Å². The van der Waals surface area contributed by atoms with Crippen molar-refractivity contribution in [2.75, 3.05) is 0 Å². The summed E-state index contributed by atoms with van der Waals surface area (Å²) in [6.07, 6.45) is 0. The standard InChI is InChI=1S/C13H10AsClO/c14-11-6-7-13(12(15)8-11)16-9-10-4-2-1-3-5-10/h1-8H,9H2. The number of hydrogen-bond acceptors (Lipinski definition) is 1. The van der Waals surface area contributed by atoms with E-state index in [0.29, 0.717) is 11.6 Å². The molecule has 0 aliphatic heterocycles. The van der Waals surface area contributed by atoms with Gasteiger partial charge >= 0.3 is 109 Å². The van der Waals surface area contributed by atoms with Crippen molar-refractivity contribution in [3.05, 3.63) is 59.1 Å². The van der Waals surface area contributed by atoms with Gasteiger partial charge in [-0.25, -0.2) is 0 Å². The fourth-order valence-corrected chi connectivity index (χ4v) is 2.17. The molecule has 0 bridgehead atoms. The van der Waals surface area contributed by atoms with Crippen LogP contribution in [0.1, 0.15) is 5.56 Å². The molecule has 2 aromatic rings. The molecule has 0 heterocycles. The van der Waals surface area contributed by atoms with E-state index in [1.807, 2.05) is 48.5 Å². The quantitative estimate of drug-likeness (QED) is 0.791. The first kappa shape index (κ1) is 11.6.